The van der Waals surface area contributed by atoms with Crippen molar-refractivity contribution < 1.29 is 37.8 Å². The number of carbonyl (C=O) groups is 5. The second-order valence-electron chi connectivity index (χ2n) is 18.8. The Morgan fingerprint density at radius 1 is 0.939 bits per heavy atom. The maximum atomic E-state index is 14.3. The van der Waals surface area contributed by atoms with Gasteiger partial charge in [0, 0.05) is 51.6 Å². The molecule has 1 aromatic heterocycles. The summed E-state index contributed by atoms with van der Waals surface area (Å²) in [5.41, 5.74) is 8.46. The smallest absolute Gasteiger partial charge is 0.247 e. The largest absolute Gasteiger partial charge is 0.379 e. The lowest BCUT2D eigenvalue weighted by Gasteiger charge is -2.40. The lowest BCUT2D eigenvalue weighted by molar-refractivity contribution is -0.147. The Balaban J connectivity index is 1.30. The number of carbonyl (C=O) groups excluding carboxylic acids is 5. The summed E-state index contributed by atoms with van der Waals surface area (Å²) in [7, 11) is 4.70. The lowest BCUT2D eigenvalue weighted by atomic mass is 9.91. The number of likely N-dealkylation sites (tertiary alicyclic amines) is 1. The van der Waals surface area contributed by atoms with Crippen LogP contribution in [-0.2, 0) is 39.9 Å². The number of methoxy groups -OCH3 is 2. The zero-order chi connectivity index (χ0) is 48.6. The molecule has 2 heterocycles. The van der Waals surface area contributed by atoms with Crippen LogP contribution in [0.4, 0.5) is 10.1 Å². The van der Waals surface area contributed by atoms with Gasteiger partial charge in [-0.3, -0.25) is 24.0 Å². The van der Waals surface area contributed by atoms with Crippen molar-refractivity contribution in [1.29, 1.82) is 0 Å². The quantitative estimate of drug-likeness (QED) is 0.0770. The Morgan fingerprint density at radius 3 is 2.24 bits per heavy atom. The van der Waals surface area contributed by atoms with Gasteiger partial charge >= 0.3 is 0 Å². The zero-order valence-corrected chi connectivity index (χ0v) is 41.0. The standard InChI is InChI=1S/C50H68FN7O7S/c1-28(2)42(56-49(63)50(7,8)52)48(62)57(9)43(29(3)4)39(64-10)27-41(59)58-23-15-18-38(58)44(65-11)31(6)45(60)54-37(25-32-16-13-12-14-17-32)46(61)53-35-21-19-33(24-30(35)5)47-55-36-26-34(51)20-22-40(36)66-47/h12-14,16-17,19-22,24,26,28-29,31,37-39,42-44H,15,18,23,25,27,52H2,1-11H3,(H,53,61)(H,54,60)(H,56,63). The molecule has 1 fully saturated rings. The number of rotatable bonds is 20. The topological polar surface area (TPSA) is 185 Å². The summed E-state index contributed by atoms with van der Waals surface area (Å²) in [6, 6.07) is 16.7. The first-order valence-electron chi connectivity index (χ1n) is 22.7. The van der Waals surface area contributed by atoms with E-state index in [1.165, 1.54) is 37.7 Å². The Hall–Kier alpha value is -5.29. The molecule has 7 atom stereocenters. The highest BCUT2D eigenvalue weighted by molar-refractivity contribution is 7.21. The molecule has 0 spiro atoms. The van der Waals surface area contributed by atoms with Crippen molar-refractivity contribution in [3.05, 3.63) is 83.7 Å². The number of thiazole rings is 1. The van der Waals surface area contributed by atoms with Gasteiger partial charge in [0.15, 0.2) is 0 Å². The number of ether oxygens (including phenoxy) is 2. The maximum absolute atomic E-state index is 14.3. The molecule has 0 aliphatic carbocycles. The van der Waals surface area contributed by atoms with Gasteiger partial charge in [-0.05, 0) is 86.9 Å². The normalized spacial score (nSPS) is 17.0. The summed E-state index contributed by atoms with van der Waals surface area (Å²) < 4.78 is 26.7. The Bertz CT molecular complexity index is 2330. The molecule has 358 valence electrons. The van der Waals surface area contributed by atoms with Crippen LogP contribution in [0.2, 0.25) is 0 Å². The molecule has 0 radical (unpaired) electrons. The Labute approximate surface area is 392 Å². The third-order valence-electron chi connectivity index (χ3n) is 12.5. The average molecular weight is 930 g/mol. The van der Waals surface area contributed by atoms with Gasteiger partial charge in [0.05, 0.1) is 52.4 Å². The van der Waals surface area contributed by atoms with Crippen molar-refractivity contribution >= 4 is 56.8 Å². The third-order valence-corrected chi connectivity index (χ3v) is 13.6. The fourth-order valence-corrected chi connectivity index (χ4v) is 9.74. The van der Waals surface area contributed by atoms with E-state index >= 15 is 0 Å². The maximum Gasteiger partial charge on any atom is 0.247 e. The van der Waals surface area contributed by atoms with E-state index in [1.54, 1.807) is 49.8 Å². The van der Waals surface area contributed by atoms with Crippen molar-refractivity contribution in [2.45, 2.75) is 123 Å². The van der Waals surface area contributed by atoms with Crippen molar-refractivity contribution in [2.75, 3.05) is 33.1 Å². The number of nitrogens with one attached hydrogen (secondary N) is 3. The van der Waals surface area contributed by atoms with Gasteiger partial charge in [-0.15, -0.1) is 11.3 Å². The van der Waals surface area contributed by atoms with E-state index in [1.807, 2.05) is 77.1 Å². The first-order chi connectivity index (χ1) is 31.1. The first kappa shape index (κ1) is 51.7. The van der Waals surface area contributed by atoms with Crippen molar-refractivity contribution in [2.24, 2.45) is 23.5 Å². The predicted octanol–water partition coefficient (Wildman–Crippen LogP) is 6.49. The van der Waals surface area contributed by atoms with E-state index in [9.17, 15) is 28.4 Å². The van der Waals surface area contributed by atoms with Gasteiger partial charge in [-0.2, -0.15) is 0 Å². The van der Waals surface area contributed by atoms with Crippen molar-refractivity contribution in [3.8, 4) is 10.6 Å². The minimum atomic E-state index is -1.19. The van der Waals surface area contributed by atoms with Gasteiger partial charge in [0.1, 0.15) is 22.9 Å². The van der Waals surface area contributed by atoms with Gasteiger partial charge in [-0.1, -0.05) is 65.0 Å². The summed E-state index contributed by atoms with van der Waals surface area (Å²) in [4.78, 5) is 77.5. The van der Waals surface area contributed by atoms with Gasteiger partial charge in [0.2, 0.25) is 29.5 Å². The number of aromatic nitrogens is 1. The van der Waals surface area contributed by atoms with Crippen LogP contribution in [0.25, 0.3) is 20.8 Å². The van der Waals surface area contributed by atoms with E-state index in [0.29, 0.717) is 30.6 Å². The highest BCUT2D eigenvalue weighted by atomic mass is 32.1. The molecule has 3 aromatic carbocycles. The predicted molar refractivity (Wildman–Crippen MR) is 257 cm³/mol. The minimum Gasteiger partial charge on any atom is -0.379 e. The van der Waals surface area contributed by atoms with Crippen LogP contribution < -0.4 is 21.7 Å². The van der Waals surface area contributed by atoms with Crippen LogP contribution in [0, 0.1) is 30.5 Å². The molecule has 1 saturated heterocycles. The van der Waals surface area contributed by atoms with Crippen LogP contribution in [0.1, 0.15) is 78.9 Å². The number of aryl methyl sites for hydroxylation is 1. The Kier molecular flexibility index (Phi) is 17.6. The van der Waals surface area contributed by atoms with E-state index < -0.39 is 65.6 Å². The Morgan fingerprint density at radius 2 is 1.64 bits per heavy atom. The number of anilines is 1. The number of hydrogen-bond acceptors (Lipinski definition) is 10. The SMILES string of the molecule is COC(CC(=O)N1CCCC1C(OC)C(C)C(=O)NC(Cc1ccccc1)C(=O)Nc1ccc(-c2nc3cc(F)ccc3s2)cc1C)C(C(C)C)N(C)C(=O)C(NC(=O)C(C)(C)N)C(C)C. The van der Waals surface area contributed by atoms with Crippen molar-refractivity contribution in [1.82, 2.24) is 25.4 Å². The molecule has 0 bridgehead atoms. The highest BCUT2D eigenvalue weighted by Crippen LogP contribution is 2.33. The molecule has 66 heavy (non-hydrogen) atoms. The molecular weight excluding hydrogens is 862 g/mol. The third kappa shape index (κ3) is 12.6. The molecule has 1 aliphatic heterocycles. The first-order valence-corrected chi connectivity index (χ1v) is 23.5. The number of amides is 5. The summed E-state index contributed by atoms with van der Waals surface area (Å²) in [5.74, 6) is -3.28. The average Bonchev–Trinajstić information content (AvgIpc) is 3.93. The van der Waals surface area contributed by atoms with Crippen LogP contribution >= 0.6 is 11.3 Å². The van der Waals surface area contributed by atoms with Gasteiger partial charge < -0.3 is 41.0 Å². The van der Waals surface area contributed by atoms with Gasteiger partial charge in [-0.25, -0.2) is 9.37 Å². The lowest BCUT2D eigenvalue weighted by Crippen LogP contribution is -2.60. The molecule has 16 heteroatoms. The molecule has 1 aliphatic rings. The molecule has 0 saturated carbocycles. The number of fused-ring (bicyclic) bond motifs is 1. The second kappa shape index (κ2) is 22.5. The van der Waals surface area contributed by atoms with Crippen LogP contribution in [0.15, 0.2) is 66.7 Å². The molecule has 7 unspecified atom stereocenters. The second-order valence-corrected chi connectivity index (χ2v) is 19.8. The molecule has 5 N–H and O–H groups in total. The number of halogens is 1. The summed E-state index contributed by atoms with van der Waals surface area (Å²) >= 11 is 1.45. The summed E-state index contributed by atoms with van der Waals surface area (Å²) in [6.45, 7) is 14.8. The molecular formula is C50H68FN7O7S. The summed E-state index contributed by atoms with van der Waals surface area (Å²) in [6.07, 6.45) is 0.0574. The van der Waals surface area contributed by atoms with E-state index in [-0.39, 0.29) is 42.3 Å². The van der Waals surface area contributed by atoms with E-state index in [2.05, 4.69) is 20.9 Å². The molecule has 5 rings (SSSR count). The molecule has 14 nitrogen and oxygen atoms in total. The van der Waals surface area contributed by atoms with Crippen molar-refractivity contribution in [3.63, 3.8) is 0 Å². The number of likely N-dealkylation sites (N-methyl/N-ethyl adjacent to an activating group) is 1. The zero-order valence-electron chi connectivity index (χ0n) is 40.1. The number of hydrogen-bond donors (Lipinski definition) is 4. The summed E-state index contributed by atoms with van der Waals surface area (Å²) in [5, 5.41) is 9.58. The van der Waals surface area contributed by atoms with E-state index in [0.717, 1.165) is 26.4 Å². The highest BCUT2D eigenvalue weighted by Gasteiger charge is 2.43. The number of nitrogens with zero attached hydrogens (tertiary/aromatic N) is 3. The monoisotopic (exact) mass is 929 g/mol. The molecule has 5 amide bonds. The fraction of sp³-hybridized carbons (Fsp3) is 0.520. The molecule has 4 aromatic rings. The van der Waals surface area contributed by atoms with Gasteiger partial charge in [0.25, 0.3) is 0 Å². The van der Waals surface area contributed by atoms with Crippen LogP contribution in [-0.4, -0.2) is 114 Å². The van der Waals surface area contributed by atoms with E-state index in [4.69, 9.17) is 15.2 Å². The van der Waals surface area contributed by atoms with Crippen LogP contribution in [0.3, 0.4) is 0 Å². The number of benzene rings is 3. The minimum absolute atomic E-state index is 0.0423. The van der Waals surface area contributed by atoms with Crippen LogP contribution in [0.5, 0.6) is 0 Å². The number of nitrogens with two attached hydrogens (primary N) is 1. The fourth-order valence-electron chi connectivity index (χ4n) is 8.80.